The van der Waals surface area contributed by atoms with Crippen LogP contribution < -0.4 is 4.74 Å². The summed E-state index contributed by atoms with van der Waals surface area (Å²) in [5.74, 6) is -0.703. The van der Waals surface area contributed by atoms with Crippen molar-refractivity contribution in [1.29, 1.82) is 0 Å². The lowest BCUT2D eigenvalue weighted by Crippen LogP contribution is -2.51. The van der Waals surface area contributed by atoms with Gasteiger partial charge in [-0.05, 0) is 31.2 Å². The maximum Gasteiger partial charge on any atom is 0.387 e. The molecule has 2 unspecified atom stereocenters. The number of likely N-dealkylation sites (N-methyl/N-ethyl adjacent to an activating group) is 1. The first-order valence-electron chi connectivity index (χ1n) is 6.79. The Labute approximate surface area is 120 Å². The normalized spacial score (nSPS) is 25.9. The highest BCUT2D eigenvalue weighted by atomic mass is 19.3. The van der Waals surface area contributed by atoms with E-state index in [0.717, 1.165) is 11.6 Å². The molecule has 6 heteroatoms. The Kier molecular flexibility index (Phi) is 3.91. The zero-order chi connectivity index (χ0) is 15.0. The summed E-state index contributed by atoms with van der Waals surface area (Å²) in [6.45, 7) is -1.79. The van der Waals surface area contributed by atoms with Crippen LogP contribution >= 0.6 is 0 Å². The van der Waals surface area contributed by atoms with Crippen molar-refractivity contribution >= 4 is 5.57 Å². The smallest absolute Gasteiger partial charge is 0.387 e. The van der Waals surface area contributed by atoms with Crippen LogP contribution in [0.5, 0.6) is 5.75 Å². The molecule has 0 saturated carbocycles. The van der Waals surface area contributed by atoms with Gasteiger partial charge in [-0.1, -0.05) is 6.08 Å². The second-order valence-corrected chi connectivity index (χ2v) is 5.34. The number of rotatable bonds is 3. The van der Waals surface area contributed by atoms with E-state index in [4.69, 9.17) is 4.74 Å². The first-order chi connectivity index (χ1) is 10.0. The summed E-state index contributed by atoms with van der Waals surface area (Å²) in [7, 11) is 2.02. The van der Waals surface area contributed by atoms with Gasteiger partial charge in [-0.15, -0.1) is 0 Å². The molecule has 0 aromatic heterocycles. The minimum absolute atomic E-state index is 0.108. The number of benzene rings is 1. The zero-order valence-electron chi connectivity index (χ0n) is 11.6. The van der Waals surface area contributed by atoms with Crippen LogP contribution in [0.15, 0.2) is 24.3 Å². The van der Waals surface area contributed by atoms with E-state index in [2.05, 4.69) is 9.64 Å². The minimum atomic E-state index is -2.97. The molecule has 0 radical (unpaired) electrons. The van der Waals surface area contributed by atoms with Gasteiger partial charge in [0, 0.05) is 17.7 Å². The Morgan fingerprint density at radius 1 is 1.33 bits per heavy atom. The lowest BCUT2D eigenvalue weighted by molar-refractivity contribution is -0.0503. The predicted molar refractivity (Wildman–Crippen MR) is 71.8 cm³/mol. The maximum absolute atomic E-state index is 13.3. The third-order valence-corrected chi connectivity index (χ3v) is 4.05. The van der Waals surface area contributed by atoms with Crippen molar-refractivity contribution in [3.8, 4) is 5.75 Å². The van der Waals surface area contributed by atoms with Crippen LogP contribution in [-0.2, 0) is 4.74 Å². The Morgan fingerprint density at radius 3 is 2.86 bits per heavy atom. The van der Waals surface area contributed by atoms with Gasteiger partial charge in [-0.3, -0.25) is 4.90 Å². The first kappa shape index (κ1) is 14.4. The van der Waals surface area contributed by atoms with E-state index in [1.54, 1.807) is 0 Å². The topological polar surface area (TPSA) is 21.7 Å². The maximum atomic E-state index is 13.3. The Hall–Kier alpha value is -1.53. The molecule has 114 valence electrons. The second-order valence-electron chi connectivity index (χ2n) is 5.34. The van der Waals surface area contributed by atoms with Crippen molar-refractivity contribution in [2.45, 2.75) is 25.1 Å². The summed E-state index contributed by atoms with van der Waals surface area (Å²) < 4.78 is 48.3. The summed E-state index contributed by atoms with van der Waals surface area (Å²) in [6, 6.07) is 4.08. The van der Waals surface area contributed by atoms with E-state index >= 15 is 0 Å². The molecule has 2 heterocycles. The van der Waals surface area contributed by atoms with Crippen molar-refractivity contribution in [1.82, 2.24) is 4.90 Å². The monoisotopic (exact) mass is 299 g/mol. The fourth-order valence-electron chi connectivity index (χ4n) is 2.91. The predicted octanol–water partition coefficient (Wildman–Crippen LogP) is 2.91. The number of fused-ring (bicyclic) bond motifs is 2. The summed E-state index contributed by atoms with van der Waals surface area (Å²) in [5.41, 5.74) is 1.43. The number of alkyl halides is 2. The third kappa shape index (κ3) is 2.91. The molecule has 1 aromatic rings. The molecular weight excluding hydrogens is 283 g/mol. The minimum Gasteiger partial charge on any atom is -0.434 e. The molecule has 0 aliphatic carbocycles. The molecule has 0 N–H and O–H groups in total. The fourth-order valence-corrected chi connectivity index (χ4v) is 2.91. The highest BCUT2D eigenvalue weighted by Gasteiger charge is 2.33. The van der Waals surface area contributed by atoms with E-state index in [1.807, 2.05) is 13.1 Å². The van der Waals surface area contributed by atoms with Crippen LogP contribution in [0.3, 0.4) is 0 Å². The molecule has 2 aliphatic heterocycles. The molecule has 2 bridgehead atoms. The molecule has 3 nitrogen and oxygen atoms in total. The number of halogens is 3. The highest BCUT2D eigenvalue weighted by molar-refractivity contribution is 5.72. The van der Waals surface area contributed by atoms with Crippen LogP contribution in [0.2, 0.25) is 0 Å². The molecule has 0 amide bonds. The Morgan fingerprint density at radius 2 is 2.14 bits per heavy atom. The summed E-state index contributed by atoms with van der Waals surface area (Å²) in [4.78, 5) is 2.21. The van der Waals surface area contributed by atoms with Crippen LogP contribution in [0.1, 0.15) is 12.0 Å². The first-order valence-corrected chi connectivity index (χ1v) is 6.79. The highest BCUT2D eigenvalue weighted by Crippen LogP contribution is 2.36. The lowest BCUT2D eigenvalue weighted by Gasteiger charge is -2.42. The zero-order valence-corrected chi connectivity index (χ0v) is 11.6. The van der Waals surface area contributed by atoms with Crippen molar-refractivity contribution in [3.63, 3.8) is 0 Å². The molecule has 2 aliphatic rings. The van der Waals surface area contributed by atoms with Gasteiger partial charge in [0.05, 0.1) is 19.3 Å². The lowest BCUT2D eigenvalue weighted by atomic mass is 9.90. The Balaban J connectivity index is 1.96. The van der Waals surface area contributed by atoms with Gasteiger partial charge in [0.25, 0.3) is 0 Å². The molecule has 0 spiro atoms. The van der Waals surface area contributed by atoms with E-state index in [1.165, 1.54) is 12.1 Å². The van der Waals surface area contributed by atoms with Gasteiger partial charge in [-0.2, -0.15) is 8.78 Å². The van der Waals surface area contributed by atoms with Gasteiger partial charge >= 0.3 is 6.61 Å². The van der Waals surface area contributed by atoms with E-state index in [9.17, 15) is 13.2 Å². The van der Waals surface area contributed by atoms with Crippen molar-refractivity contribution < 1.29 is 22.6 Å². The third-order valence-electron chi connectivity index (χ3n) is 4.05. The number of ether oxygens (including phenoxy) is 2. The molecule has 3 rings (SSSR count). The fraction of sp³-hybridized carbons (Fsp3) is 0.467. The number of hydrogen-bond acceptors (Lipinski definition) is 3. The van der Waals surface area contributed by atoms with Crippen LogP contribution in [-0.4, -0.2) is 43.9 Å². The van der Waals surface area contributed by atoms with E-state index in [0.29, 0.717) is 25.2 Å². The Bertz CT molecular complexity index is 562. The van der Waals surface area contributed by atoms with Crippen LogP contribution in [0.4, 0.5) is 13.2 Å². The summed E-state index contributed by atoms with van der Waals surface area (Å²) in [6.07, 6.45) is 2.65. The quantitative estimate of drug-likeness (QED) is 0.856. The SMILES string of the molecule is CN1C2C=C(c3ccc(F)cc3OC(F)F)CC1COC2. The average Bonchev–Trinajstić information content (AvgIpc) is 2.38. The molecule has 1 fully saturated rings. The average molecular weight is 299 g/mol. The van der Waals surface area contributed by atoms with Crippen LogP contribution in [0, 0.1) is 5.82 Å². The van der Waals surface area contributed by atoms with Crippen molar-refractivity contribution in [3.05, 3.63) is 35.7 Å². The second kappa shape index (κ2) is 5.69. The van der Waals surface area contributed by atoms with Crippen molar-refractivity contribution in [2.24, 2.45) is 0 Å². The molecular formula is C15H16F3NO2. The number of hydrogen-bond donors (Lipinski definition) is 0. The number of nitrogens with zero attached hydrogens (tertiary/aromatic N) is 1. The molecule has 21 heavy (non-hydrogen) atoms. The molecule has 1 saturated heterocycles. The standard InChI is InChI=1S/C15H16F3NO2/c1-19-11-4-9(5-12(19)8-20-7-11)13-3-2-10(16)6-14(13)21-15(17)18/h2-4,6,11-12,15H,5,7-8H2,1H3. The van der Waals surface area contributed by atoms with Crippen molar-refractivity contribution in [2.75, 3.05) is 20.3 Å². The van der Waals surface area contributed by atoms with E-state index in [-0.39, 0.29) is 17.8 Å². The van der Waals surface area contributed by atoms with Crippen LogP contribution in [0.25, 0.3) is 5.57 Å². The largest absolute Gasteiger partial charge is 0.434 e. The van der Waals surface area contributed by atoms with Gasteiger partial charge < -0.3 is 9.47 Å². The van der Waals surface area contributed by atoms with Gasteiger partial charge in [-0.25, -0.2) is 4.39 Å². The summed E-state index contributed by atoms with van der Waals surface area (Å²) >= 11 is 0. The summed E-state index contributed by atoms with van der Waals surface area (Å²) in [5, 5.41) is 0. The molecule has 1 aromatic carbocycles. The van der Waals surface area contributed by atoms with Gasteiger partial charge in [0.1, 0.15) is 11.6 Å². The van der Waals surface area contributed by atoms with E-state index < -0.39 is 12.4 Å². The number of morpholine rings is 1. The molecule has 2 atom stereocenters. The van der Waals surface area contributed by atoms with Gasteiger partial charge in [0.2, 0.25) is 0 Å². The van der Waals surface area contributed by atoms with Gasteiger partial charge in [0.15, 0.2) is 0 Å².